The van der Waals surface area contributed by atoms with Crippen molar-refractivity contribution >= 4 is 34.6 Å². The minimum atomic E-state index is -4.76. The van der Waals surface area contributed by atoms with E-state index in [2.05, 4.69) is 25.1 Å². The summed E-state index contributed by atoms with van der Waals surface area (Å²) in [6.45, 7) is 4.09. The molecule has 0 saturated carbocycles. The van der Waals surface area contributed by atoms with Crippen LogP contribution in [0.15, 0.2) is 72.0 Å². The summed E-state index contributed by atoms with van der Waals surface area (Å²) < 4.78 is 47.8. The number of aromatic nitrogens is 3. The lowest BCUT2D eigenvalue weighted by Crippen LogP contribution is -2.32. The van der Waals surface area contributed by atoms with Crippen molar-refractivity contribution in [2.24, 2.45) is 4.99 Å². The maximum absolute atomic E-state index is 12.7. The molecule has 1 saturated heterocycles. The van der Waals surface area contributed by atoms with Crippen molar-refractivity contribution in [1.82, 2.24) is 20.1 Å². The van der Waals surface area contributed by atoms with Gasteiger partial charge in [0.25, 0.3) is 0 Å². The van der Waals surface area contributed by atoms with E-state index in [-0.39, 0.29) is 17.4 Å². The van der Waals surface area contributed by atoms with Crippen molar-refractivity contribution < 1.29 is 32.2 Å². The Morgan fingerprint density at radius 3 is 2.36 bits per heavy atom. The second-order valence-corrected chi connectivity index (χ2v) is 10.7. The molecule has 2 heterocycles. The monoisotopic (exact) mass is 624 g/mol. The third-order valence-corrected chi connectivity index (χ3v) is 7.54. The Morgan fingerprint density at radius 1 is 1.05 bits per heavy atom. The number of amides is 3. The van der Waals surface area contributed by atoms with Crippen LogP contribution in [-0.4, -0.2) is 57.6 Å². The van der Waals surface area contributed by atoms with E-state index in [1.807, 2.05) is 50.2 Å². The standard InChI is InChI=1S/C30H27F3N6O4S/c1-18-14-24(42-3)15-19(2)26(18)39-25(40)16-44-29(39)36-28(41)34-13-12-20-4-6-21(7-5-20)27-35-17-38(37-27)22-8-10-23(11-9-22)43-30(31,32)33/h4-11,14-15,17H,12-13,16H2,1-3H3,(H,34,41)/b36-29-. The molecule has 10 nitrogen and oxygen atoms in total. The second-order valence-electron chi connectivity index (χ2n) is 9.76. The lowest BCUT2D eigenvalue weighted by molar-refractivity contribution is -0.274. The number of alkyl halides is 3. The molecule has 1 fully saturated rings. The number of carbonyl (C=O) groups excluding carboxylic acids is 2. The summed E-state index contributed by atoms with van der Waals surface area (Å²) in [4.78, 5) is 35.3. The molecule has 4 aromatic rings. The van der Waals surface area contributed by atoms with E-state index >= 15 is 0 Å². The lowest BCUT2D eigenvalue weighted by atomic mass is 10.1. The van der Waals surface area contributed by atoms with E-state index in [9.17, 15) is 22.8 Å². The van der Waals surface area contributed by atoms with Gasteiger partial charge in [-0.05, 0) is 73.4 Å². The van der Waals surface area contributed by atoms with Crippen molar-refractivity contribution in [1.29, 1.82) is 0 Å². The van der Waals surface area contributed by atoms with E-state index in [0.29, 0.717) is 41.1 Å². The van der Waals surface area contributed by atoms with Crippen molar-refractivity contribution in [2.45, 2.75) is 26.6 Å². The average molecular weight is 625 g/mol. The average Bonchev–Trinajstić information content (AvgIpc) is 3.60. The molecule has 1 aliphatic heterocycles. The summed E-state index contributed by atoms with van der Waals surface area (Å²) in [5.41, 5.74) is 4.59. The molecule has 0 atom stereocenters. The van der Waals surface area contributed by atoms with E-state index in [1.165, 1.54) is 51.9 Å². The minimum Gasteiger partial charge on any atom is -0.497 e. The Morgan fingerprint density at radius 2 is 1.73 bits per heavy atom. The highest BCUT2D eigenvalue weighted by atomic mass is 32.2. The Labute approximate surface area is 254 Å². The molecular formula is C30H27F3N6O4S. The summed E-state index contributed by atoms with van der Waals surface area (Å²) >= 11 is 1.22. The molecule has 44 heavy (non-hydrogen) atoms. The van der Waals surface area contributed by atoms with Crippen LogP contribution in [0.4, 0.5) is 23.7 Å². The number of anilines is 1. The van der Waals surface area contributed by atoms with Crippen LogP contribution in [0.5, 0.6) is 11.5 Å². The summed E-state index contributed by atoms with van der Waals surface area (Å²) in [5, 5.41) is 7.51. The van der Waals surface area contributed by atoms with Gasteiger partial charge in [0.05, 0.1) is 24.2 Å². The fourth-order valence-electron chi connectivity index (χ4n) is 4.63. The quantitative estimate of drug-likeness (QED) is 0.262. The Balaban J connectivity index is 1.17. The summed E-state index contributed by atoms with van der Waals surface area (Å²) in [6.07, 6.45) is -2.75. The van der Waals surface area contributed by atoms with Gasteiger partial charge in [-0.2, -0.15) is 4.99 Å². The van der Waals surface area contributed by atoms with Crippen molar-refractivity contribution in [3.63, 3.8) is 0 Å². The number of methoxy groups -OCH3 is 1. The lowest BCUT2D eigenvalue weighted by Gasteiger charge is -2.21. The van der Waals surface area contributed by atoms with Gasteiger partial charge in [0.15, 0.2) is 11.0 Å². The first-order valence-electron chi connectivity index (χ1n) is 13.4. The number of nitrogens with one attached hydrogen (secondary N) is 1. The molecule has 1 N–H and O–H groups in total. The maximum Gasteiger partial charge on any atom is 0.573 e. The molecule has 14 heteroatoms. The molecule has 0 unspecified atom stereocenters. The SMILES string of the molecule is COc1cc(C)c(N2C(=O)CS/C2=N\C(=O)NCCc2ccc(-c3ncn(-c4ccc(OC(F)(F)F)cc4)n3)cc2)c(C)c1. The fraction of sp³-hybridized carbons (Fsp3) is 0.233. The van der Waals surface area contributed by atoms with Gasteiger partial charge in [0.1, 0.15) is 17.8 Å². The molecule has 3 amide bonds. The molecule has 0 spiro atoms. The number of nitrogens with zero attached hydrogens (tertiary/aromatic N) is 5. The number of benzene rings is 3. The van der Waals surface area contributed by atoms with Crippen molar-refractivity contribution in [2.75, 3.05) is 24.3 Å². The van der Waals surface area contributed by atoms with Crippen LogP contribution in [0.25, 0.3) is 17.1 Å². The van der Waals surface area contributed by atoms with Crippen LogP contribution < -0.4 is 19.7 Å². The molecule has 1 aliphatic rings. The van der Waals surface area contributed by atoms with E-state index < -0.39 is 12.4 Å². The van der Waals surface area contributed by atoms with Gasteiger partial charge >= 0.3 is 12.4 Å². The third kappa shape index (κ3) is 7.19. The highest BCUT2D eigenvalue weighted by molar-refractivity contribution is 8.15. The van der Waals surface area contributed by atoms with Gasteiger partial charge in [0.2, 0.25) is 5.91 Å². The van der Waals surface area contributed by atoms with Gasteiger partial charge < -0.3 is 14.8 Å². The zero-order valence-electron chi connectivity index (χ0n) is 23.9. The summed E-state index contributed by atoms with van der Waals surface area (Å²) in [7, 11) is 1.58. The van der Waals surface area contributed by atoms with E-state index in [0.717, 1.165) is 22.3 Å². The Kier molecular flexibility index (Phi) is 8.90. The number of thioether (sulfide) groups is 1. The number of hydrogen-bond donors (Lipinski definition) is 1. The Hall–Kier alpha value is -4.85. The topological polar surface area (TPSA) is 111 Å². The fourth-order valence-corrected chi connectivity index (χ4v) is 5.48. The smallest absolute Gasteiger partial charge is 0.497 e. The first-order chi connectivity index (χ1) is 21.0. The molecule has 228 valence electrons. The number of halogens is 3. The van der Waals surface area contributed by atoms with Gasteiger partial charge in [-0.25, -0.2) is 14.5 Å². The Bertz CT molecular complexity index is 1680. The highest BCUT2D eigenvalue weighted by Crippen LogP contribution is 2.35. The molecule has 0 radical (unpaired) electrons. The van der Waals surface area contributed by atoms with Gasteiger partial charge in [-0.3, -0.25) is 9.69 Å². The first kappa shape index (κ1) is 30.6. The highest BCUT2D eigenvalue weighted by Gasteiger charge is 2.33. The van der Waals surface area contributed by atoms with Crippen molar-refractivity contribution in [3.8, 4) is 28.6 Å². The number of aliphatic imine (C=N–C) groups is 1. The van der Waals surface area contributed by atoms with E-state index in [1.54, 1.807) is 7.11 Å². The summed E-state index contributed by atoms with van der Waals surface area (Å²) in [6, 6.07) is 15.9. The number of carbonyl (C=O) groups is 2. The maximum atomic E-state index is 12.7. The predicted octanol–water partition coefficient (Wildman–Crippen LogP) is 5.85. The van der Waals surface area contributed by atoms with Crippen LogP contribution in [0.1, 0.15) is 16.7 Å². The normalized spacial score (nSPS) is 14.3. The molecule has 0 bridgehead atoms. The zero-order valence-corrected chi connectivity index (χ0v) is 24.7. The second kappa shape index (κ2) is 12.8. The molecule has 5 rings (SSSR count). The predicted molar refractivity (Wildman–Crippen MR) is 160 cm³/mol. The van der Waals surface area contributed by atoms with Crippen molar-refractivity contribution in [3.05, 3.63) is 83.7 Å². The van der Waals surface area contributed by atoms with E-state index in [4.69, 9.17) is 4.74 Å². The van der Waals surface area contributed by atoms with Gasteiger partial charge in [0, 0.05) is 12.1 Å². The van der Waals surface area contributed by atoms with Gasteiger partial charge in [-0.1, -0.05) is 36.0 Å². The molecular weight excluding hydrogens is 597 g/mol. The number of hydrogen-bond acceptors (Lipinski definition) is 7. The number of aryl methyl sites for hydroxylation is 2. The third-order valence-electron chi connectivity index (χ3n) is 6.62. The van der Waals surface area contributed by atoms with Crippen LogP contribution in [0.3, 0.4) is 0 Å². The first-order valence-corrected chi connectivity index (χ1v) is 14.3. The molecule has 3 aromatic carbocycles. The summed E-state index contributed by atoms with van der Waals surface area (Å²) in [5.74, 6) is 0.844. The molecule has 0 aliphatic carbocycles. The number of rotatable bonds is 8. The van der Waals surface area contributed by atoms with Crippen LogP contribution >= 0.6 is 11.8 Å². The number of amidine groups is 1. The largest absolute Gasteiger partial charge is 0.573 e. The van der Waals surface area contributed by atoms with Crippen LogP contribution in [-0.2, 0) is 11.2 Å². The zero-order chi connectivity index (χ0) is 31.4. The number of ether oxygens (including phenoxy) is 2. The van der Waals surface area contributed by atoms with Crippen LogP contribution in [0.2, 0.25) is 0 Å². The van der Waals surface area contributed by atoms with Crippen LogP contribution in [0, 0.1) is 13.8 Å². The minimum absolute atomic E-state index is 0.147. The molecule has 1 aromatic heterocycles. The number of urea groups is 1. The van der Waals surface area contributed by atoms with Gasteiger partial charge in [-0.15, -0.1) is 18.3 Å².